The zero-order valence-electron chi connectivity index (χ0n) is 16.2. The molecule has 3 unspecified atom stereocenters. The lowest BCUT2D eigenvalue weighted by atomic mass is 9.43. The van der Waals surface area contributed by atoms with Crippen LogP contribution in [-0.2, 0) is 23.8 Å². The van der Waals surface area contributed by atoms with Crippen molar-refractivity contribution in [1.29, 1.82) is 0 Å². The van der Waals surface area contributed by atoms with Crippen LogP contribution >= 0.6 is 0 Å². The molecule has 1 N–H and O–H groups in total. The van der Waals surface area contributed by atoms with Gasteiger partial charge in [-0.25, -0.2) is 0 Å². The van der Waals surface area contributed by atoms with E-state index in [1.807, 2.05) is 0 Å². The molecule has 2 saturated heterocycles. The number of ketones is 1. The molecule has 2 spiro atoms. The Morgan fingerprint density at radius 1 is 1.26 bits per heavy atom. The Hall–Kier alpha value is -1.24. The maximum Gasteiger partial charge on any atom is 0.320 e. The number of Topliss-reactive ketones (excluding diaryl/α,β-unsaturated/α-hetero) is 1. The molecule has 27 heavy (non-hydrogen) atoms. The molecule has 0 aromatic carbocycles. The first kappa shape index (κ1) is 17.8. The number of hydrogen-bond acceptors (Lipinski definition) is 6. The number of ether oxygens (including phenoxy) is 3. The van der Waals surface area contributed by atoms with Crippen molar-refractivity contribution in [3.05, 3.63) is 12.2 Å². The molecule has 3 saturated carbocycles. The van der Waals surface area contributed by atoms with Gasteiger partial charge in [0, 0.05) is 24.4 Å². The number of aliphatic hydroxyl groups is 1. The molecule has 3 aliphatic carbocycles. The highest BCUT2D eigenvalue weighted by Crippen LogP contribution is 2.71. The molecule has 5 fully saturated rings. The highest BCUT2D eigenvalue weighted by atomic mass is 16.7. The zero-order valence-corrected chi connectivity index (χ0v) is 16.2. The molecule has 2 aliphatic heterocycles. The van der Waals surface area contributed by atoms with Crippen LogP contribution in [0.3, 0.4) is 0 Å². The van der Waals surface area contributed by atoms with E-state index in [4.69, 9.17) is 14.2 Å². The second-order valence-corrected chi connectivity index (χ2v) is 9.93. The van der Waals surface area contributed by atoms with E-state index in [1.54, 1.807) is 7.11 Å². The standard InChI is InChI=1S/C21H28O6/c1-10-11-7-12(22)14-20(8-11,16(10)23)18(24)27-13-5-6-19(2,3)15-17(25-4)26-9-21(13,14)15/h11-15,17,22H,1,5-9H2,2-4H3/t11-,12?,13-,14?,15+,17+,20?,21-/m0/s1. The number of methoxy groups -OCH3 is 1. The minimum absolute atomic E-state index is 0.0587. The maximum absolute atomic E-state index is 13.3. The molecule has 5 rings (SSSR count). The van der Waals surface area contributed by atoms with E-state index in [1.165, 1.54) is 0 Å². The quantitative estimate of drug-likeness (QED) is 0.427. The van der Waals surface area contributed by atoms with E-state index in [0.717, 1.165) is 6.42 Å². The van der Waals surface area contributed by atoms with E-state index >= 15 is 0 Å². The van der Waals surface area contributed by atoms with Crippen LogP contribution in [-0.4, -0.2) is 49.1 Å². The summed E-state index contributed by atoms with van der Waals surface area (Å²) in [7, 11) is 1.63. The molecule has 8 atom stereocenters. The molecule has 6 heteroatoms. The topological polar surface area (TPSA) is 82.1 Å². The smallest absolute Gasteiger partial charge is 0.320 e. The molecule has 0 aromatic rings. The summed E-state index contributed by atoms with van der Waals surface area (Å²) in [6.45, 7) is 8.67. The lowest BCUT2D eigenvalue weighted by Gasteiger charge is -2.62. The van der Waals surface area contributed by atoms with Gasteiger partial charge in [0.1, 0.15) is 11.5 Å². The van der Waals surface area contributed by atoms with Gasteiger partial charge in [0.25, 0.3) is 0 Å². The summed E-state index contributed by atoms with van der Waals surface area (Å²) in [6.07, 6.45) is 0.937. The fourth-order valence-electron chi connectivity index (χ4n) is 7.52. The first-order valence-corrected chi connectivity index (χ1v) is 9.97. The Morgan fingerprint density at radius 2 is 2.00 bits per heavy atom. The van der Waals surface area contributed by atoms with Crippen molar-refractivity contribution in [3.8, 4) is 0 Å². The summed E-state index contributed by atoms with van der Waals surface area (Å²) in [5.41, 5.74) is -1.57. The van der Waals surface area contributed by atoms with Gasteiger partial charge in [0.15, 0.2) is 12.1 Å². The predicted octanol–water partition coefficient (Wildman–Crippen LogP) is 1.85. The molecule has 0 radical (unpaired) electrons. The zero-order chi connectivity index (χ0) is 19.4. The summed E-state index contributed by atoms with van der Waals surface area (Å²) < 4.78 is 17.8. The Morgan fingerprint density at radius 3 is 2.70 bits per heavy atom. The van der Waals surface area contributed by atoms with E-state index < -0.39 is 35.1 Å². The third-order valence-corrected chi connectivity index (χ3v) is 8.47. The molecule has 6 nitrogen and oxygen atoms in total. The van der Waals surface area contributed by atoms with Gasteiger partial charge in [-0.15, -0.1) is 0 Å². The summed E-state index contributed by atoms with van der Waals surface area (Å²) >= 11 is 0. The summed E-state index contributed by atoms with van der Waals surface area (Å²) in [5.74, 6) is -1.40. The minimum Gasteiger partial charge on any atom is -0.461 e. The van der Waals surface area contributed by atoms with Crippen molar-refractivity contribution >= 4 is 11.8 Å². The van der Waals surface area contributed by atoms with E-state index in [9.17, 15) is 14.7 Å². The highest BCUT2D eigenvalue weighted by molar-refractivity contribution is 6.15. The Balaban J connectivity index is 1.74. The number of rotatable bonds is 1. The molecule has 0 aromatic heterocycles. The van der Waals surface area contributed by atoms with E-state index in [2.05, 4.69) is 20.4 Å². The van der Waals surface area contributed by atoms with Gasteiger partial charge in [-0.3, -0.25) is 9.59 Å². The van der Waals surface area contributed by atoms with Crippen LogP contribution in [0, 0.1) is 34.0 Å². The largest absolute Gasteiger partial charge is 0.461 e. The van der Waals surface area contributed by atoms with Crippen molar-refractivity contribution in [2.24, 2.45) is 34.0 Å². The molecule has 148 valence electrons. The normalized spacial score (nSPS) is 52.8. The molecule has 5 aliphatic rings. The van der Waals surface area contributed by atoms with Gasteiger partial charge in [0.05, 0.1) is 12.7 Å². The first-order valence-electron chi connectivity index (χ1n) is 9.97. The maximum atomic E-state index is 13.3. The minimum atomic E-state index is -1.31. The van der Waals surface area contributed by atoms with Gasteiger partial charge in [-0.05, 0) is 42.6 Å². The van der Waals surface area contributed by atoms with Gasteiger partial charge >= 0.3 is 5.97 Å². The number of allylic oxidation sites excluding steroid dienone is 1. The SMILES string of the molecule is C=C1C(=O)C23C[C@@H]1CC(O)C2[C@@]12CO[C@@H](OC)[C@@H]1C(C)(C)CC[C@@H]2OC3=O. The van der Waals surface area contributed by atoms with Crippen LogP contribution in [0.25, 0.3) is 0 Å². The lowest BCUT2D eigenvalue weighted by molar-refractivity contribution is -0.252. The summed E-state index contributed by atoms with van der Waals surface area (Å²) in [6, 6.07) is 0. The Kier molecular flexibility index (Phi) is 3.45. The average molecular weight is 376 g/mol. The fraction of sp³-hybridized carbons (Fsp3) is 0.810. The van der Waals surface area contributed by atoms with Gasteiger partial charge in [0.2, 0.25) is 0 Å². The molecule has 2 bridgehead atoms. The lowest BCUT2D eigenvalue weighted by Crippen LogP contribution is -2.70. The van der Waals surface area contributed by atoms with Crippen LogP contribution in [0.5, 0.6) is 0 Å². The Labute approximate surface area is 159 Å². The van der Waals surface area contributed by atoms with Gasteiger partial charge in [-0.1, -0.05) is 20.4 Å². The molecular weight excluding hydrogens is 348 g/mol. The van der Waals surface area contributed by atoms with Crippen molar-refractivity contribution in [2.75, 3.05) is 13.7 Å². The van der Waals surface area contributed by atoms with E-state index in [0.29, 0.717) is 31.4 Å². The Bertz CT molecular complexity index is 743. The third-order valence-electron chi connectivity index (χ3n) is 8.47. The van der Waals surface area contributed by atoms with Gasteiger partial charge < -0.3 is 19.3 Å². The van der Waals surface area contributed by atoms with Crippen LogP contribution < -0.4 is 0 Å². The molecule has 0 amide bonds. The van der Waals surface area contributed by atoms with Gasteiger partial charge in [-0.2, -0.15) is 0 Å². The van der Waals surface area contributed by atoms with Crippen molar-refractivity contribution < 1.29 is 28.9 Å². The fourth-order valence-corrected chi connectivity index (χ4v) is 7.52. The van der Waals surface area contributed by atoms with Crippen molar-refractivity contribution in [3.63, 3.8) is 0 Å². The first-order chi connectivity index (χ1) is 12.7. The highest BCUT2D eigenvalue weighted by Gasteiger charge is 2.79. The average Bonchev–Trinajstić information content (AvgIpc) is 3.10. The number of carbonyl (C=O) groups is 2. The molecule has 2 heterocycles. The second-order valence-electron chi connectivity index (χ2n) is 9.93. The predicted molar refractivity (Wildman–Crippen MR) is 94.4 cm³/mol. The van der Waals surface area contributed by atoms with Crippen molar-refractivity contribution in [2.45, 2.75) is 58.0 Å². The van der Waals surface area contributed by atoms with Crippen LogP contribution in [0.1, 0.15) is 39.5 Å². The number of carbonyl (C=O) groups excluding carboxylic acids is 2. The van der Waals surface area contributed by atoms with Crippen molar-refractivity contribution in [1.82, 2.24) is 0 Å². The summed E-state index contributed by atoms with van der Waals surface area (Å²) in [4.78, 5) is 26.5. The number of fused-ring (bicyclic) bond motifs is 1. The van der Waals surface area contributed by atoms with Crippen LogP contribution in [0.4, 0.5) is 0 Å². The number of esters is 1. The number of aliphatic hydroxyl groups excluding tert-OH is 1. The van der Waals surface area contributed by atoms with Crippen LogP contribution in [0.2, 0.25) is 0 Å². The third kappa shape index (κ3) is 1.83. The number of hydrogen-bond donors (Lipinski definition) is 1. The second kappa shape index (κ2) is 5.22. The monoisotopic (exact) mass is 376 g/mol. The van der Waals surface area contributed by atoms with E-state index in [-0.39, 0.29) is 29.1 Å². The summed E-state index contributed by atoms with van der Waals surface area (Å²) in [5, 5.41) is 11.2. The molecular formula is C21H28O6. The van der Waals surface area contributed by atoms with Crippen LogP contribution in [0.15, 0.2) is 12.2 Å².